The maximum absolute atomic E-state index is 13.4. The predicted octanol–water partition coefficient (Wildman–Crippen LogP) is -16.0. The first-order valence-corrected chi connectivity index (χ1v) is 126. The zero-order chi connectivity index (χ0) is 76.2. The van der Waals surface area contributed by atoms with Gasteiger partial charge in [-0.15, -0.1) is 0 Å². The van der Waals surface area contributed by atoms with Crippen molar-refractivity contribution in [2.75, 3.05) is 0 Å². The van der Waals surface area contributed by atoms with Crippen LogP contribution in [0.15, 0.2) is 0 Å². The molecule has 94 heavy (non-hydrogen) atoms. The van der Waals surface area contributed by atoms with E-state index in [0.717, 1.165) is 0 Å². The molecule has 41 nitrogen and oxygen atoms in total. The van der Waals surface area contributed by atoms with Gasteiger partial charge in [0.25, 0.3) is 0 Å². The van der Waals surface area contributed by atoms with Crippen molar-refractivity contribution in [3.8, 4) is 0 Å². The third-order valence-electron chi connectivity index (χ3n) is 8.40. The van der Waals surface area contributed by atoms with Crippen molar-refractivity contribution in [3.05, 3.63) is 0 Å². The lowest BCUT2D eigenvalue weighted by atomic mass is 10.6. The molecule has 0 bridgehead atoms. The van der Waals surface area contributed by atoms with Gasteiger partial charge in [0.1, 0.15) is 0 Å². The molecule has 0 aliphatic rings. The molecule has 0 fully saturated rings. The van der Waals surface area contributed by atoms with E-state index in [-0.39, 0.29) is 8.80 Å². The fraction of sp³-hybridized carbons (Fsp3) is 1.00. The van der Waals surface area contributed by atoms with Gasteiger partial charge >= 0.3 is 305 Å². The van der Waals surface area contributed by atoms with Crippen LogP contribution >= 0.6 is 0 Å². The summed E-state index contributed by atoms with van der Waals surface area (Å²) in [4.78, 5) is 8.66. The number of rotatable bonds is 38. The summed E-state index contributed by atoms with van der Waals surface area (Å²) in [7, 11) is -173. The minimum atomic E-state index is -4.71. The summed E-state index contributed by atoms with van der Waals surface area (Å²) < 4.78 is 492. The molecule has 0 aromatic rings. The van der Waals surface area contributed by atoms with E-state index in [0.29, 0.717) is 13.1 Å². The van der Waals surface area contributed by atoms with Crippen molar-refractivity contribution in [2.24, 2.45) is 0 Å². The summed E-state index contributed by atoms with van der Waals surface area (Å²) in [6, 6.07) is 0. The predicted molar refractivity (Wildman–Crippen MR) is 338 cm³/mol. The van der Waals surface area contributed by atoms with Crippen molar-refractivity contribution >= 4 is 329 Å². The molecular formula is C11H36O41Si42. The van der Waals surface area contributed by atoms with Gasteiger partial charge in [-0.2, -0.15) is 0 Å². The summed E-state index contributed by atoms with van der Waals surface area (Å²) in [5.74, 6) is 0. The molecule has 0 aromatic heterocycles. The lowest BCUT2D eigenvalue weighted by Gasteiger charge is -2.12. The van der Waals surface area contributed by atoms with Crippen LogP contribution in [0.5, 0.6) is 0 Å². The maximum Gasteiger partial charge on any atom is 0.549 e. The van der Waals surface area contributed by atoms with Crippen molar-refractivity contribution in [1.29, 1.82) is 0 Å². The Labute approximate surface area is 578 Å². The Balaban J connectivity index is -0.00000158. The molecule has 0 aliphatic carbocycles. The first kappa shape index (κ1) is 104. The molecule has 0 heterocycles. The highest BCUT2D eigenvalue weighted by Crippen LogP contribution is 2.05. The summed E-state index contributed by atoms with van der Waals surface area (Å²) in [5, 5.41) is 0. The standard InChI is InChI=1S/C3H10OSi.C3H10Si.C3H8.C2H8O38Si39.O2Si/c1-5(2,3)4;1-4(2)3;1-3-2;1-79(2,77(39)75(37)73(35)71(33)69(31)67(29)65(27)63(25)61(23)59(21)57(19)55(17)53(15)51(13)49(11)47(9)45(7)43(5)41-3)78(40)76(38)74(36)72(34)70(32)68(30)66(28)64(26)62(24)60(22)58(20)56(18)54(16)52(14)50(12)48(10)46(8)44(6)42-4;1-3-2/h4H,1-3H3;4H,1-3H3;3H2,1-2H3;41-42H,1-2H3;. The molecule has 0 spiro atoms. The average Bonchev–Trinajstić information content (AvgIpc) is 0.859. The minimum Gasteiger partial charge on any atom is -0.433 e. The normalized spacial score (nSPS) is 9.74. The largest absolute Gasteiger partial charge is 0.549 e. The summed E-state index contributed by atoms with van der Waals surface area (Å²) in [6.07, 6.45) is 1.25. The van der Waals surface area contributed by atoms with Crippen molar-refractivity contribution in [1.82, 2.24) is 0 Å². The molecule has 0 aromatic carbocycles. The van der Waals surface area contributed by atoms with Gasteiger partial charge in [-0.3, -0.25) is 8.92 Å². The van der Waals surface area contributed by atoms with Crippen LogP contribution < -0.4 is 0 Å². The van der Waals surface area contributed by atoms with Crippen LogP contribution in [0.25, 0.3) is 0 Å². The van der Waals surface area contributed by atoms with Gasteiger partial charge < -0.3 is 174 Å². The topological polar surface area (TPSA) is 703 Å². The summed E-state index contributed by atoms with van der Waals surface area (Å²) >= 11 is 0. The molecule has 0 radical (unpaired) electrons. The van der Waals surface area contributed by atoms with Gasteiger partial charge in [0.15, 0.2) is 15.4 Å². The Morgan fingerprint density at radius 3 is 0.426 bits per heavy atom. The Morgan fingerprint density at radius 1 is 0.266 bits per heavy atom. The molecule has 1 N–H and O–H groups in total. The highest BCUT2D eigenvalue weighted by atomic mass is 30.2. The molecule has 0 aliphatic heterocycles. The Kier molecular flexibility index (Phi) is 54.8. The third kappa shape index (κ3) is 33.7. The van der Waals surface area contributed by atoms with Gasteiger partial charge in [0, 0.05) is 8.80 Å². The van der Waals surface area contributed by atoms with Crippen LogP contribution in [0.1, 0.15) is 20.3 Å². The fourth-order valence-electron chi connectivity index (χ4n) is 4.10. The Morgan fingerprint density at radius 2 is 0.340 bits per heavy atom. The molecule has 0 atom stereocenters. The SMILES string of the molecule is CCC.C[SiH](C)C.C[Si](C)(C)O.C[Si](C)([Si](=O)[Si](=O)[Si](=O)[Si](=O)[Si](=O)[Si](=O)[Si](=O)[Si](=O)[Si](=O)[Si](=O)[Si](=O)[Si](=O)[Si](=O)[Si](=O)[Si](=O)[Si](=O)[Si](=O)[Si](=O)[SiH]=O)[Si](=O)[Si](=O)[Si](=O)[Si](=O)[Si](=O)[Si](=O)[Si](=O)[Si](=O)[Si](=O)[Si](=O)[Si](=O)[Si](=O)[Si](=O)[Si](=O)[Si](=O)[Si](=O)[Si](=O)[Si](=O)[SiH]=O.O=[Si]=O. The fourth-order valence-corrected chi connectivity index (χ4v) is 460. The lowest BCUT2D eigenvalue weighted by molar-refractivity contribution is 0.497. The van der Waals surface area contributed by atoms with Crippen LogP contribution in [0.2, 0.25) is 52.4 Å². The zero-order valence-electron chi connectivity index (χ0n) is 48.7. The van der Waals surface area contributed by atoms with E-state index in [4.69, 9.17) is 13.7 Å². The highest BCUT2D eigenvalue weighted by molar-refractivity contribution is 7.88. The van der Waals surface area contributed by atoms with E-state index in [9.17, 15) is 170 Å². The molecule has 0 unspecified atom stereocenters. The van der Waals surface area contributed by atoms with E-state index < -0.39 is 320 Å². The number of hydrogen-bond acceptors (Lipinski definition) is 41. The van der Waals surface area contributed by atoms with E-state index in [1.807, 2.05) is 19.6 Å². The van der Waals surface area contributed by atoms with E-state index in [2.05, 4.69) is 33.5 Å². The molecule has 0 amide bonds. The van der Waals surface area contributed by atoms with E-state index >= 15 is 0 Å². The Hall–Kier alpha value is 1.07. The Bertz CT molecular complexity index is 3590. The van der Waals surface area contributed by atoms with Gasteiger partial charge in [-0.05, 0) is 19.6 Å². The van der Waals surface area contributed by atoms with Gasteiger partial charge in [0.2, 0.25) is 0 Å². The summed E-state index contributed by atoms with van der Waals surface area (Å²) in [5.41, 5.74) is 0. The van der Waals surface area contributed by atoms with Crippen molar-refractivity contribution < 1.29 is 183 Å². The van der Waals surface area contributed by atoms with Gasteiger partial charge in [-0.1, -0.05) is 53.0 Å². The van der Waals surface area contributed by atoms with Crippen molar-refractivity contribution in [3.63, 3.8) is 0 Å². The minimum absolute atomic E-state index is 0.139. The van der Waals surface area contributed by atoms with Crippen LogP contribution in [-0.4, -0.2) is 334 Å². The van der Waals surface area contributed by atoms with E-state index in [1.165, 1.54) is 6.42 Å². The molecule has 0 rings (SSSR count). The molecule has 83 heteroatoms. The highest BCUT2D eigenvalue weighted by Gasteiger charge is 2.61. The van der Waals surface area contributed by atoms with Gasteiger partial charge in [0.05, 0.1) is 0 Å². The number of hydrogen-bond donors (Lipinski definition) is 1. The second-order valence-electron chi connectivity index (χ2n) is 18.5. The van der Waals surface area contributed by atoms with Gasteiger partial charge in [-0.25, -0.2) is 0 Å². The molecule has 0 saturated carbocycles. The average molecular weight is 2000 g/mol. The zero-order valence-corrected chi connectivity index (χ0v) is 91.2. The second-order valence-corrected chi connectivity index (χ2v) is 218. The van der Waals surface area contributed by atoms with E-state index in [1.54, 1.807) is 0 Å². The monoisotopic (exact) mass is 2000 g/mol. The first-order valence-electron chi connectivity index (χ1n) is 23.7. The summed E-state index contributed by atoms with van der Waals surface area (Å²) in [6.45, 7) is 18.2. The first-order chi connectivity index (χ1) is 42.5. The third-order valence-corrected chi connectivity index (χ3v) is 315. The molecule has 494 valence electrons. The lowest BCUT2D eigenvalue weighted by Crippen LogP contribution is -2.64. The maximum atomic E-state index is 13.4. The van der Waals surface area contributed by atoms with Crippen molar-refractivity contribution in [2.45, 2.75) is 72.6 Å². The van der Waals surface area contributed by atoms with Crippen LogP contribution in [0.4, 0.5) is 0 Å². The smallest absolute Gasteiger partial charge is 0.433 e. The quantitative estimate of drug-likeness (QED) is 0.0561. The van der Waals surface area contributed by atoms with Crippen LogP contribution in [0.3, 0.4) is 0 Å². The molecule has 0 saturated heterocycles. The molecular weight excluding hydrogens is 1970 g/mol. The van der Waals surface area contributed by atoms with Crippen LogP contribution in [0, 0.1) is 0 Å². The second kappa shape index (κ2) is 49.7. The van der Waals surface area contributed by atoms with Crippen LogP contribution in [-0.2, 0) is 178 Å².